The average Bonchev–Trinajstić information content (AvgIpc) is 2.80. The number of nitrogens with one attached hydrogen (secondary N) is 2. The van der Waals surface area contributed by atoms with E-state index >= 15 is 0 Å². The van der Waals surface area contributed by atoms with Crippen molar-refractivity contribution in [3.05, 3.63) is 83.9 Å². The van der Waals surface area contributed by atoms with Crippen molar-refractivity contribution in [1.82, 2.24) is 5.32 Å². The zero-order valence-electron chi connectivity index (χ0n) is 18.5. The fourth-order valence-corrected chi connectivity index (χ4v) is 4.00. The minimum Gasteiger partial charge on any atom is -0.494 e. The van der Waals surface area contributed by atoms with Crippen molar-refractivity contribution in [3.8, 4) is 11.5 Å². The third-order valence-corrected chi connectivity index (χ3v) is 6.00. The first-order valence-corrected chi connectivity index (χ1v) is 11.9. The minimum atomic E-state index is -3.86. The quantitative estimate of drug-likeness (QED) is 0.441. The van der Waals surface area contributed by atoms with Gasteiger partial charge in [0.1, 0.15) is 18.2 Å². The maximum Gasteiger partial charge on any atom is 0.261 e. The third-order valence-electron chi connectivity index (χ3n) is 4.60. The van der Waals surface area contributed by atoms with Crippen molar-refractivity contribution < 1.29 is 31.5 Å². The summed E-state index contributed by atoms with van der Waals surface area (Å²) in [7, 11) is -3.86. The average molecular weight is 491 g/mol. The fourth-order valence-electron chi connectivity index (χ4n) is 2.94. The van der Waals surface area contributed by atoms with E-state index in [-0.39, 0.29) is 22.8 Å². The smallest absolute Gasteiger partial charge is 0.261 e. The van der Waals surface area contributed by atoms with Gasteiger partial charge >= 0.3 is 0 Å². The highest BCUT2D eigenvalue weighted by Gasteiger charge is 2.17. The van der Waals surface area contributed by atoms with E-state index in [1.807, 2.05) is 6.92 Å². The molecule has 0 spiro atoms. The van der Waals surface area contributed by atoms with Crippen molar-refractivity contribution in [2.45, 2.75) is 24.8 Å². The summed E-state index contributed by atoms with van der Waals surface area (Å²) in [6.07, 6.45) is 0. The van der Waals surface area contributed by atoms with Gasteiger partial charge in [0.15, 0.2) is 11.6 Å². The van der Waals surface area contributed by atoms with Crippen molar-refractivity contribution in [2.24, 2.45) is 0 Å². The molecule has 0 aromatic heterocycles. The Labute approximate surface area is 196 Å². The zero-order valence-corrected chi connectivity index (χ0v) is 19.4. The van der Waals surface area contributed by atoms with E-state index in [1.54, 1.807) is 31.2 Å². The summed E-state index contributed by atoms with van der Waals surface area (Å²) >= 11 is 0. The molecule has 0 saturated heterocycles. The molecule has 0 fully saturated rings. The number of sulfonamides is 1. The standard InChI is InChI=1S/C24H24F2N2O5S/c1-3-32-20-9-7-19(8-10-20)28-34(30,31)21-11-4-17(5-12-21)24(29)27-16(2)15-33-23-13-6-18(25)14-22(23)26/h4-14,16,28H,3,15H2,1-2H3,(H,27,29). The van der Waals surface area contributed by atoms with Crippen molar-refractivity contribution >= 4 is 21.6 Å². The first kappa shape index (κ1) is 25.0. The molecule has 0 aliphatic rings. The second kappa shape index (κ2) is 11.0. The van der Waals surface area contributed by atoms with Gasteiger partial charge in [0, 0.05) is 17.3 Å². The minimum absolute atomic E-state index is 0.0129. The van der Waals surface area contributed by atoms with Crippen molar-refractivity contribution in [3.63, 3.8) is 0 Å². The molecular formula is C24H24F2N2O5S. The van der Waals surface area contributed by atoms with Crippen LogP contribution in [0.4, 0.5) is 14.5 Å². The lowest BCUT2D eigenvalue weighted by Crippen LogP contribution is -2.36. The van der Waals surface area contributed by atoms with Gasteiger partial charge in [0.25, 0.3) is 15.9 Å². The lowest BCUT2D eigenvalue weighted by atomic mass is 10.2. The SMILES string of the molecule is CCOc1ccc(NS(=O)(=O)c2ccc(C(=O)NC(C)COc3ccc(F)cc3F)cc2)cc1. The van der Waals surface area contributed by atoms with Gasteiger partial charge in [-0.3, -0.25) is 9.52 Å². The fraction of sp³-hybridized carbons (Fsp3) is 0.208. The Morgan fingerprint density at radius 2 is 1.65 bits per heavy atom. The van der Waals surface area contributed by atoms with Crippen molar-refractivity contribution in [1.29, 1.82) is 0 Å². The molecule has 7 nitrogen and oxygen atoms in total. The lowest BCUT2D eigenvalue weighted by Gasteiger charge is -2.15. The Balaban J connectivity index is 1.57. The van der Waals surface area contributed by atoms with E-state index in [9.17, 15) is 22.0 Å². The Morgan fingerprint density at radius 1 is 0.971 bits per heavy atom. The summed E-state index contributed by atoms with van der Waals surface area (Å²) in [6, 6.07) is 14.3. The van der Waals surface area contributed by atoms with Crippen LogP contribution < -0.4 is 19.5 Å². The normalized spacial score (nSPS) is 12.0. The second-order valence-electron chi connectivity index (χ2n) is 7.35. The number of ether oxygens (including phenoxy) is 2. The van der Waals surface area contributed by atoms with Gasteiger partial charge in [-0.15, -0.1) is 0 Å². The Bertz CT molecular complexity index is 1230. The Morgan fingerprint density at radius 3 is 2.26 bits per heavy atom. The van der Waals surface area contributed by atoms with Crippen LogP contribution in [0, 0.1) is 11.6 Å². The van der Waals surface area contributed by atoms with Crippen LogP contribution in [0.15, 0.2) is 71.6 Å². The van der Waals surface area contributed by atoms with Gasteiger partial charge in [-0.25, -0.2) is 17.2 Å². The second-order valence-corrected chi connectivity index (χ2v) is 9.03. The number of hydrogen-bond donors (Lipinski definition) is 2. The predicted molar refractivity (Wildman–Crippen MR) is 124 cm³/mol. The molecule has 3 aromatic rings. The van der Waals surface area contributed by atoms with Gasteiger partial charge in [0.05, 0.1) is 17.5 Å². The molecule has 1 amide bonds. The van der Waals surface area contributed by atoms with Crippen LogP contribution in [0.25, 0.3) is 0 Å². The topological polar surface area (TPSA) is 93.7 Å². The Hall–Kier alpha value is -3.66. The van der Waals surface area contributed by atoms with E-state index in [0.29, 0.717) is 24.1 Å². The number of hydrogen-bond acceptors (Lipinski definition) is 5. The highest BCUT2D eigenvalue weighted by Crippen LogP contribution is 2.20. The molecule has 0 saturated carbocycles. The van der Waals surface area contributed by atoms with Crippen molar-refractivity contribution in [2.75, 3.05) is 17.9 Å². The van der Waals surface area contributed by atoms with Crippen LogP contribution in [-0.2, 0) is 10.0 Å². The molecule has 1 unspecified atom stereocenters. The summed E-state index contributed by atoms with van der Waals surface area (Å²) in [4.78, 5) is 12.4. The first-order chi connectivity index (χ1) is 16.2. The largest absolute Gasteiger partial charge is 0.494 e. The van der Waals surface area contributed by atoms with Crippen LogP contribution in [0.2, 0.25) is 0 Å². The maximum absolute atomic E-state index is 13.6. The molecule has 34 heavy (non-hydrogen) atoms. The number of carbonyl (C=O) groups excluding carboxylic acids is 1. The van der Waals surface area contributed by atoms with E-state index < -0.39 is 33.6 Å². The summed E-state index contributed by atoms with van der Waals surface area (Å²) in [6.45, 7) is 3.96. The van der Waals surface area contributed by atoms with Crippen LogP contribution in [0.1, 0.15) is 24.2 Å². The molecule has 0 bridgehead atoms. The number of anilines is 1. The summed E-state index contributed by atoms with van der Waals surface area (Å²) in [5, 5.41) is 2.67. The van der Waals surface area contributed by atoms with Gasteiger partial charge in [0.2, 0.25) is 0 Å². The Kier molecular flexibility index (Phi) is 8.06. The first-order valence-electron chi connectivity index (χ1n) is 10.4. The molecule has 2 N–H and O–H groups in total. The lowest BCUT2D eigenvalue weighted by molar-refractivity contribution is 0.0926. The van der Waals surface area contributed by atoms with Gasteiger partial charge in [-0.05, 0) is 74.5 Å². The highest BCUT2D eigenvalue weighted by molar-refractivity contribution is 7.92. The molecule has 0 aliphatic carbocycles. The molecule has 3 rings (SSSR count). The molecular weight excluding hydrogens is 466 g/mol. The van der Waals surface area contributed by atoms with E-state index in [1.165, 1.54) is 30.3 Å². The number of benzene rings is 3. The van der Waals surface area contributed by atoms with E-state index in [4.69, 9.17) is 9.47 Å². The maximum atomic E-state index is 13.6. The monoisotopic (exact) mass is 490 g/mol. The van der Waals surface area contributed by atoms with E-state index in [0.717, 1.165) is 6.07 Å². The molecule has 1 atom stereocenters. The molecule has 0 aliphatic heterocycles. The number of halogens is 2. The van der Waals surface area contributed by atoms with Gasteiger partial charge in [-0.2, -0.15) is 0 Å². The molecule has 10 heteroatoms. The third kappa shape index (κ3) is 6.67. The van der Waals surface area contributed by atoms with Crippen LogP contribution in [-0.4, -0.2) is 33.6 Å². The zero-order chi connectivity index (χ0) is 24.7. The number of amides is 1. The molecule has 180 valence electrons. The highest BCUT2D eigenvalue weighted by atomic mass is 32.2. The summed E-state index contributed by atoms with van der Waals surface area (Å²) in [5.74, 6) is -1.51. The van der Waals surface area contributed by atoms with Crippen LogP contribution in [0.3, 0.4) is 0 Å². The molecule has 0 radical (unpaired) electrons. The predicted octanol–water partition coefficient (Wildman–Crippen LogP) is 4.36. The van der Waals surface area contributed by atoms with Crippen LogP contribution >= 0.6 is 0 Å². The van der Waals surface area contributed by atoms with Crippen LogP contribution in [0.5, 0.6) is 11.5 Å². The van der Waals surface area contributed by atoms with Gasteiger partial charge < -0.3 is 14.8 Å². The summed E-state index contributed by atoms with van der Waals surface area (Å²) < 4.78 is 64.9. The van der Waals surface area contributed by atoms with E-state index in [2.05, 4.69) is 10.0 Å². The summed E-state index contributed by atoms with van der Waals surface area (Å²) in [5.41, 5.74) is 0.608. The van der Waals surface area contributed by atoms with Gasteiger partial charge in [-0.1, -0.05) is 0 Å². The molecule has 0 heterocycles. The number of carbonyl (C=O) groups is 1. The molecule has 3 aromatic carbocycles. The number of rotatable bonds is 10.